The van der Waals surface area contributed by atoms with Gasteiger partial charge in [0, 0.05) is 10.5 Å². The molecule has 5 heteroatoms. The molecule has 4 rings (SSSR count). The summed E-state index contributed by atoms with van der Waals surface area (Å²) < 4.78 is 20.3. The van der Waals surface area contributed by atoms with E-state index >= 15 is 0 Å². The third-order valence-corrected chi connectivity index (χ3v) is 7.00. The minimum Gasteiger partial charge on any atom is -0.391 e. The van der Waals surface area contributed by atoms with E-state index in [9.17, 15) is 9.50 Å². The van der Waals surface area contributed by atoms with Gasteiger partial charge in [0.2, 0.25) is 0 Å². The molecule has 0 spiro atoms. The molecule has 2 aromatic carbocycles. The minimum absolute atomic E-state index is 0.151. The van der Waals surface area contributed by atoms with Crippen molar-refractivity contribution in [3.63, 3.8) is 0 Å². The average Bonchev–Trinajstić information content (AvgIpc) is 2.75. The first-order chi connectivity index (χ1) is 14.1. The lowest BCUT2D eigenvalue weighted by Crippen LogP contribution is -2.51. The molecule has 3 atom stereocenters. The molecule has 0 bridgehead atoms. The number of aliphatic hydroxyl groups is 1. The molecular formula is C24H29BrFNO2. The largest absolute Gasteiger partial charge is 0.391 e. The molecule has 0 amide bonds. The molecule has 0 radical (unpaired) electrons. The summed E-state index contributed by atoms with van der Waals surface area (Å²) in [5.41, 5.74) is 2.40. The summed E-state index contributed by atoms with van der Waals surface area (Å²) >= 11 is 3.51. The fraction of sp³-hybridized carbons (Fsp3) is 0.500. The molecule has 2 aliphatic rings. The van der Waals surface area contributed by atoms with Gasteiger partial charge < -0.3 is 9.84 Å². The lowest BCUT2D eigenvalue weighted by molar-refractivity contribution is -0.0629. The van der Waals surface area contributed by atoms with Crippen molar-refractivity contribution in [3.05, 3.63) is 69.9 Å². The summed E-state index contributed by atoms with van der Waals surface area (Å²) in [6.07, 6.45) is 4.67. The Morgan fingerprint density at radius 1 is 0.966 bits per heavy atom. The second kappa shape index (κ2) is 9.69. The van der Waals surface area contributed by atoms with Crippen molar-refractivity contribution in [2.45, 2.75) is 62.9 Å². The molecule has 1 aliphatic heterocycles. The Morgan fingerprint density at radius 2 is 1.66 bits per heavy atom. The lowest BCUT2D eigenvalue weighted by atomic mass is 9.85. The van der Waals surface area contributed by atoms with E-state index in [2.05, 4.69) is 45.1 Å². The maximum atomic E-state index is 13.1. The molecule has 1 N–H and O–H groups in total. The number of likely N-dealkylation sites (tertiary alicyclic amines) is 1. The zero-order chi connectivity index (χ0) is 20.2. The van der Waals surface area contributed by atoms with Gasteiger partial charge in [0.1, 0.15) is 5.82 Å². The number of hydrogen-bond acceptors (Lipinski definition) is 3. The molecule has 0 aromatic heterocycles. The summed E-state index contributed by atoms with van der Waals surface area (Å²) in [6.45, 7) is 2.54. The van der Waals surface area contributed by atoms with Crippen LogP contribution in [-0.2, 0) is 11.3 Å². The van der Waals surface area contributed by atoms with Gasteiger partial charge in [-0.3, -0.25) is 4.90 Å². The van der Waals surface area contributed by atoms with E-state index in [1.165, 1.54) is 17.7 Å². The van der Waals surface area contributed by atoms with Gasteiger partial charge in [-0.05, 0) is 86.5 Å². The molecule has 2 fully saturated rings. The Bertz CT molecular complexity index is 774. The molecular weight excluding hydrogens is 433 g/mol. The third kappa shape index (κ3) is 5.46. The van der Waals surface area contributed by atoms with Gasteiger partial charge in [0.05, 0.1) is 18.8 Å². The number of rotatable bonds is 5. The van der Waals surface area contributed by atoms with Gasteiger partial charge in [-0.15, -0.1) is 0 Å². The Kier molecular flexibility index (Phi) is 7.01. The average molecular weight is 462 g/mol. The van der Waals surface area contributed by atoms with Gasteiger partial charge >= 0.3 is 0 Å². The van der Waals surface area contributed by atoms with Crippen LogP contribution in [-0.4, -0.2) is 41.3 Å². The molecule has 1 saturated carbocycles. The monoisotopic (exact) mass is 461 g/mol. The highest BCUT2D eigenvalue weighted by atomic mass is 79.9. The van der Waals surface area contributed by atoms with E-state index < -0.39 is 0 Å². The van der Waals surface area contributed by atoms with Gasteiger partial charge in [-0.1, -0.05) is 40.2 Å². The third-order valence-electron chi connectivity index (χ3n) is 6.47. The Hall–Kier alpha value is -1.27. The summed E-state index contributed by atoms with van der Waals surface area (Å²) in [6, 6.07) is 15.4. The molecule has 29 heavy (non-hydrogen) atoms. The Balaban J connectivity index is 1.29. The minimum atomic E-state index is -0.273. The van der Waals surface area contributed by atoms with Crippen molar-refractivity contribution in [2.75, 3.05) is 13.1 Å². The molecule has 3 nitrogen and oxygen atoms in total. The van der Waals surface area contributed by atoms with E-state index in [0.29, 0.717) is 12.5 Å². The van der Waals surface area contributed by atoms with Crippen LogP contribution in [0.5, 0.6) is 0 Å². The van der Waals surface area contributed by atoms with E-state index in [1.54, 1.807) is 12.1 Å². The van der Waals surface area contributed by atoms with Crippen molar-refractivity contribution < 1.29 is 14.2 Å². The number of halogens is 2. The van der Waals surface area contributed by atoms with E-state index in [4.69, 9.17) is 4.74 Å². The predicted octanol–water partition coefficient (Wildman–Crippen LogP) is 5.27. The first-order valence-electron chi connectivity index (χ1n) is 10.6. The number of aliphatic hydroxyl groups excluding tert-OH is 1. The Labute approximate surface area is 181 Å². The molecule has 1 aliphatic carbocycles. The molecule has 1 saturated heterocycles. The number of ether oxygens (including phenoxy) is 1. The number of hydrogen-bond donors (Lipinski definition) is 1. The van der Waals surface area contributed by atoms with Crippen molar-refractivity contribution in [1.82, 2.24) is 4.90 Å². The number of piperidine rings is 1. The smallest absolute Gasteiger partial charge is 0.123 e. The van der Waals surface area contributed by atoms with Gasteiger partial charge in [0.15, 0.2) is 0 Å². The topological polar surface area (TPSA) is 32.7 Å². The van der Waals surface area contributed by atoms with Crippen molar-refractivity contribution in [1.29, 1.82) is 0 Å². The second-order valence-corrected chi connectivity index (χ2v) is 9.28. The number of nitrogens with zero attached hydrogens (tertiary/aromatic N) is 1. The van der Waals surface area contributed by atoms with Crippen LogP contribution < -0.4 is 0 Å². The van der Waals surface area contributed by atoms with E-state index in [-0.39, 0.29) is 24.1 Å². The first-order valence-corrected chi connectivity index (χ1v) is 11.4. The van der Waals surface area contributed by atoms with Gasteiger partial charge in [-0.25, -0.2) is 4.39 Å². The standard InChI is InChI=1S/C24H29BrFNO2/c25-20-5-3-18(4-6-20)19-11-13-27(14-12-19)23-15-22(9-10-24(23)28)29-16-17-1-7-21(26)8-2-17/h1-8,19,22-24,28H,9-16H2/t22-,23+,24+/m0/s1. The van der Waals surface area contributed by atoms with Crippen LogP contribution in [0.25, 0.3) is 0 Å². The normalized spacial score (nSPS) is 26.5. The zero-order valence-electron chi connectivity index (χ0n) is 16.6. The van der Waals surface area contributed by atoms with Crippen molar-refractivity contribution in [2.24, 2.45) is 0 Å². The second-order valence-electron chi connectivity index (χ2n) is 8.37. The van der Waals surface area contributed by atoms with E-state index in [0.717, 1.165) is 55.2 Å². The zero-order valence-corrected chi connectivity index (χ0v) is 18.2. The fourth-order valence-corrected chi connectivity index (χ4v) is 5.00. The molecule has 2 aromatic rings. The summed E-state index contributed by atoms with van der Waals surface area (Å²) in [5.74, 6) is 0.381. The molecule has 1 heterocycles. The summed E-state index contributed by atoms with van der Waals surface area (Å²) in [4.78, 5) is 2.47. The van der Waals surface area contributed by atoms with Gasteiger partial charge in [0.25, 0.3) is 0 Å². The lowest BCUT2D eigenvalue weighted by Gasteiger charge is -2.43. The fourth-order valence-electron chi connectivity index (χ4n) is 4.73. The Morgan fingerprint density at radius 3 is 2.34 bits per heavy atom. The van der Waals surface area contributed by atoms with Crippen LogP contribution >= 0.6 is 15.9 Å². The number of benzene rings is 2. The SMILES string of the molecule is O[C@@H]1CC[C@H](OCc2ccc(F)cc2)C[C@H]1N1CCC(c2ccc(Br)cc2)CC1. The van der Waals surface area contributed by atoms with Crippen LogP contribution in [0.4, 0.5) is 4.39 Å². The summed E-state index contributed by atoms with van der Waals surface area (Å²) in [5, 5.41) is 10.6. The summed E-state index contributed by atoms with van der Waals surface area (Å²) in [7, 11) is 0. The van der Waals surface area contributed by atoms with Crippen LogP contribution in [0, 0.1) is 5.82 Å². The highest BCUT2D eigenvalue weighted by Gasteiger charge is 2.35. The molecule has 156 valence electrons. The highest BCUT2D eigenvalue weighted by Crippen LogP contribution is 2.33. The first kappa shape index (κ1) is 21.0. The maximum Gasteiger partial charge on any atom is 0.123 e. The van der Waals surface area contributed by atoms with Crippen molar-refractivity contribution in [3.8, 4) is 0 Å². The quantitative estimate of drug-likeness (QED) is 0.658. The highest BCUT2D eigenvalue weighted by molar-refractivity contribution is 9.10. The predicted molar refractivity (Wildman–Crippen MR) is 116 cm³/mol. The van der Waals surface area contributed by atoms with E-state index in [1.807, 2.05) is 0 Å². The van der Waals surface area contributed by atoms with Crippen LogP contribution in [0.1, 0.15) is 49.1 Å². The van der Waals surface area contributed by atoms with Crippen LogP contribution in [0.15, 0.2) is 53.0 Å². The van der Waals surface area contributed by atoms with Crippen LogP contribution in [0.3, 0.4) is 0 Å². The van der Waals surface area contributed by atoms with Crippen molar-refractivity contribution >= 4 is 15.9 Å². The van der Waals surface area contributed by atoms with Crippen LogP contribution in [0.2, 0.25) is 0 Å². The van der Waals surface area contributed by atoms with Gasteiger partial charge in [-0.2, -0.15) is 0 Å². The maximum absolute atomic E-state index is 13.1. The molecule has 0 unspecified atom stereocenters.